The van der Waals surface area contributed by atoms with E-state index in [1.807, 2.05) is 6.92 Å². The van der Waals surface area contributed by atoms with Crippen LogP contribution in [0.4, 0.5) is 43.8 Å². The molecule has 1 aromatic carbocycles. The Morgan fingerprint density at radius 1 is 0.983 bits per heavy atom. The number of methoxy groups -OCH3 is 1. The molecule has 4 heterocycles. The number of nitrogens with one attached hydrogen (secondary N) is 3. The number of carbonyl (C=O) groups excluding carboxylic acids is 3. The zero-order valence-corrected chi connectivity index (χ0v) is 32.1. The number of fused-ring (bicyclic) bond motifs is 1. The van der Waals surface area contributed by atoms with E-state index in [-0.39, 0.29) is 23.8 Å². The first kappa shape index (κ1) is 45.3. The molecule has 1 atom stereocenters. The highest BCUT2D eigenvalue weighted by molar-refractivity contribution is 7.89. The number of rotatable bonds is 14. The molecule has 0 unspecified atom stereocenters. The van der Waals surface area contributed by atoms with Crippen molar-refractivity contribution in [3.8, 4) is 0 Å². The summed E-state index contributed by atoms with van der Waals surface area (Å²) in [6.45, 7) is 4.30. The average Bonchev–Trinajstić information content (AvgIpc) is 3.20. The highest BCUT2D eigenvalue weighted by atomic mass is 32.2. The number of Topliss-reactive ketones (excluding diaryl/α,β-unsaturated/α-hetero) is 2. The fourth-order valence-corrected chi connectivity index (χ4v) is 7.38. The van der Waals surface area contributed by atoms with Crippen LogP contribution in [0.15, 0.2) is 47.6 Å². The fraction of sp³-hybridized carbons (Fsp3) is 0.472. The van der Waals surface area contributed by atoms with Gasteiger partial charge in [0, 0.05) is 49.8 Å². The van der Waals surface area contributed by atoms with E-state index >= 15 is 0 Å². The Morgan fingerprint density at radius 2 is 1.62 bits per heavy atom. The van der Waals surface area contributed by atoms with E-state index < -0.39 is 46.0 Å². The first-order valence-corrected chi connectivity index (χ1v) is 19.4. The lowest BCUT2D eigenvalue weighted by atomic mass is 9.92. The summed E-state index contributed by atoms with van der Waals surface area (Å²) in [4.78, 5) is 58.7. The summed E-state index contributed by atoms with van der Waals surface area (Å²) < 4.78 is 100.0. The summed E-state index contributed by atoms with van der Waals surface area (Å²) in [7, 11) is -2.84. The first-order valence-electron chi connectivity index (χ1n) is 17.9. The Kier molecular flexibility index (Phi) is 15.1. The van der Waals surface area contributed by atoms with Crippen LogP contribution in [0.1, 0.15) is 60.9 Å². The molecule has 316 valence electrons. The van der Waals surface area contributed by atoms with Gasteiger partial charge in [-0.2, -0.15) is 31.1 Å². The number of anilines is 3. The van der Waals surface area contributed by atoms with Gasteiger partial charge in [0.1, 0.15) is 29.8 Å². The van der Waals surface area contributed by atoms with E-state index in [0.717, 1.165) is 73.8 Å². The maximum Gasteiger partial charge on any atom is 0.458 e. The molecule has 5 rings (SSSR count). The maximum atomic E-state index is 13.0. The van der Waals surface area contributed by atoms with Gasteiger partial charge in [0.15, 0.2) is 0 Å². The van der Waals surface area contributed by atoms with E-state index in [0.29, 0.717) is 24.6 Å². The van der Waals surface area contributed by atoms with Crippen LogP contribution in [0.25, 0.3) is 0 Å². The zero-order chi connectivity index (χ0) is 42.8. The van der Waals surface area contributed by atoms with Crippen LogP contribution in [0.5, 0.6) is 0 Å². The number of pyridine rings is 1. The van der Waals surface area contributed by atoms with Crippen molar-refractivity contribution in [2.75, 3.05) is 48.8 Å². The number of carboxylic acid groups (broad SMARTS) is 1. The van der Waals surface area contributed by atoms with Crippen molar-refractivity contribution in [2.24, 2.45) is 0 Å². The largest absolute Gasteiger partial charge is 0.480 e. The second kappa shape index (κ2) is 19.4. The number of sulfonamides is 1. The lowest BCUT2D eigenvalue weighted by molar-refractivity contribution is -0.193. The third-order valence-corrected chi connectivity index (χ3v) is 10.8. The van der Waals surface area contributed by atoms with E-state index in [1.54, 1.807) is 12.1 Å². The topological polar surface area (TPSA) is 210 Å². The molecule has 58 heavy (non-hydrogen) atoms. The predicted molar refractivity (Wildman–Crippen MR) is 196 cm³/mol. The number of benzene rings is 1. The van der Waals surface area contributed by atoms with Crippen LogP contribution in [0.2, 0.25) is 0 Å². The van der Waals surface area contributed by atoms with Crippen molar-refractivity contribution in [3.05, 3.63) is 65.1 Å². The number of halogens is 6. The number of esters is 1. The smallest absolute Gasteiger partial charge is 0.458 e. The van der Waals surface area contributed by atoms with E-state index in [2.05, 4.69) is 47.1 Å². The lowest BCUT2D eigenvalue weighted by Crippen LogP contribution is -2.45. The number of ketones is 2. The van der Waals surface area contributed by atoms with Crippen LogP contribution in [-0.2, 0) is 53.2 Å². The molecule has 2 aromatic heterocycles. The van der Waals surface area contributed by atoms with Crippen molar-refractivity contribution in [1.82, 2.24) is 19.7 Å². The van der Waals surface area contributed by atoms with Crippen molar-refractivity contribution >= 4 is 51.0 Å². The summed E-state index contributed by atoms with van der Waals surface area (Å²) in [5.74, 6) is -5.88. The summed E-state index contributed by atoms with van der Waals surface area (Å²) >= 11 is 0. The lowest BCUT2D eigenvalue weighted by Gasteiger charge is -2.34. The molecule has 4 N–H and O–H groups in total. The zero-order valence-electron chi connectivity index (χ0n) is 31.2. The molecule has 0 radical (unpaired) electrons. The van der Waals surface area contributed by atoms with Crippen LogP contribution < -0.4 is 20.3 Å². The summed E-state index contributed by atoms with van der Waals surface area (Å²) in [5, 5.41) is 16.3. The molecule has 2 aliphatic rings. The van der Waals surface area contributed by atoms with E-state index in [9.17, 15) is 59.0 Å². The van der Waals surface area contributed by atoms with Gasteiger partial charge in [-0.1, -0.05) is 25.1 Å². The number of carbonyl (C=O) groups is 4. The second-order valence-corrected chi connectivity index (χ2v) is 14.9. The molecule has 1 saturated heterocycles. The minimum absolute atomic E-state index is 0.0793. The van der Waals surface area contributed by atoms with Crippen molar-refractivity contribution in [3.63, 3.8) is 0 Å². The van der Waals surface area contributed by atoms with Crippen LogP contribution >= 0.6 is 0 Å². The third kappa shape index (κ3) is 12.1. The predicted octanol–water partition coefficient (Wildman–Crippen LogP) is 4.37. The molecule has 0 aliphatic carbocycles. The summed E-state index contributed by atoms with van der Waals surface area (Å²) in [5.41, 5.74) is 3.99. The second-order valence-electron chi connectivity index (χ2n) is 13.2. The van der Waals surface area contributed by atoms with Crippen LogP contribution in [0, 0.1) is 0 Å². The molecule has 22 heteroatoms. The van der Waals surface area contributed by atoms with Gasteiger partial charge in [0.2, 0.25) is 10.0 Å². The molecule has 2 aliphatic heterocycles. The van der Waals surface area contributed by atoms with Gasteiger partial charge in [-0.3, -0.25) is 19.2 Å². The third-order valence-electron chi connectivity index (χ3n) is 9.27. The van der Waals surface area contributed by atoms with E-state index in [1.165, 1.54) is 31.1 Å². The normalized spacial score (nSPS) is 15.2. The number of aryl methyl sites for hydroxylation is 2. The number of aliphatic carboxylic acids is 1. The highest BCUT2D eigenvalue weighted by Gasteiger charge is 2.54. The van der Waals surface area contributed by atoms with Crippen molar-refractivity contribution < 1.29 is 63.8 Å². The highest BCUT2D eigenvalue weighted by Crippen LogP contribution is 2.33. The Bertz CT molecular complexity index is 2040. The fourth-order valence-electron chi connectivity index (χ4n) is 6.19. The van der Waals surface area contributed by atoms with Crippen molar-refractivity contribution in [2.45, 2.75) is 81.1 Å². The maximum absolute atomic E-state index is 13.0. The Balaban J connectivity index is 0.000000538. The molecule has 1 fully saturated rings. The first-order chi connectivity index (χ1) is 27.2. The quantitative estimate of drug-likeness (QED) is 0.101. The molecule has 15 nitrogen and oxygen atoms in total. The Morgan fingerprint density at radius 3 is 2.19 bits per heavy atom. The standard InChI is InChI=1S/C32H41N7O6S.C4F6O2/c1-3-25-30(34-19-27(32(41)42)38-46(43,44)24-10-6-21(7-11-24)8-13-28(40)45-2)35-20-36-31(25)39-17-14-22(15-18-39)26-12-9-23-5-4-16-33-29(23)37-26;5-3(6,7)1(11)2(12)4(8,9)10/h6-7,9-12,20,22,27,38H,3-5,8,13-19H2,1-2H3,(H,33,37)(H,41,42)(H,34,35,36);/t27-;/m0./s1. The SMILES string of the molecule is CCc1c(NC[C@H](NS(=O)(=O)c2ccc(CCC(=O)OC)cc2)C(=O)O)ncnc1N1CCC(c2ccc3c(n2)NCCC3)CC1.O=C(C(=O)C(F)(F)F)C(F)(F)F. The number of nitrogens with zero attached hydrogens (tertiary/aromatic N) is 4. The number of ether oxygens (including phenoxy) is 1. The molecule has 0 bridgehead atoms. The van der Waals surface area contributed by atoms with E-state index in [4.69, 9.17) is 4.98 Å². The van der Waals surface area contributed by atoms with Crippen molar-refractivity contribution in [1.29, 1.82) is 0 Å². The summed E-state index contributed by atoms with van der Waals surface area (Å²) in [6.07, 6.45) is -4.89. The van der Waals surface area contributed by atoms with Gasteiger partial charge in [-0.25, -0.2) is 23.4 Å². The number of hydrogen-bond donors (Lipinski definition) is 4. The van der Waals surface area contributed by atoms with Gasteiger partial charge < -0.3 is 25.4 Å². The molecule has 0 amide bonds. The minimum atomic E-state index is -5.77. The Labute approximate surface area is 329 Å². The number of piperidine rings is 1. The number of hydrogen-bond acceptors (Lipinski definition) is 13. The monoisotopic (exact) mass is 845 g/mol. The van der Waals surface area contributed by atoms with Crippen LogP contribution in [-0.4, -0.2) is 104 Å². The van der Waals surface area contributed by atoms with Gasteiger partial charge in [0.05, 0.1) is 12.0 Å². The van der Waals surface area contributed by atoms with Crippen LogP contribution in [0.3, 0.4) is 0 Å². The van der Waals surface area contributed by atoms with Gasteiger partial charge >= 0.3 is 35.9 Å². The number of aromatic nitrogens is 3. The van der Waals surface area contributed by atoms with Gasteiger partial charge in [-0.05, 0) is 67.9 Å². The molecule has 0 spiro atoms. The molecular weight excluding hydrogens is 804 g/mol. The summed E-state index contributed by atoms with van der Waals surface area (Å²) in [6, 6.07) is 8.84. The molecule has 3 aromatic rings. The number of carboxylic acids is 1. The number of alkyl halides is 6. The van der Waals surface area contributed by atoms with Gasteiger partial charge in [0.25, 0.3) is 0 Å². The van der Waals surface area contributed by atoms with Gasteiger partial charge in [-0.15, -0.1) is 0 Å². The average molecular weight is 846 g/mol. The minimum Gasteiger partial charge on any atom is -0.480 e. The molecular formula is C36H41F6N7O8S. The Hall–Kier alpha value is -5.38. The molecule has 0 saturated carbocycles.